The first-order valence-corrected chi connectivity index (χ1v) is 19.8. The Balaban J connectivity index is 0.766. The molecule has 0 bridgehead atoms. The van der Waals surface area contributed by atoms with Gasteiger partial charge in [0.15, 0.2) is 5.78 Å². The van der Waals surface area contributed by atoms with Gasteiger partial charge >= 0.3 is 0 Å². The number of nitrogens with zero attached hydrogens (tertiary/aromatic N) is 1. The Morgan fingerprint density at radius 1 is 0.456 bits per heavy atom. The van der Waals surface area contributed by atoms with Gasteiger partial charge in [-0.25, -0.2) is 4.90 Å². The number of hydrogen-bond donors (Lipinski definition) is 0. The van der Waals surface area contributed by atoms with Crippen LogP contribution in [0.15, 0.2) is 146 Å². The molecule has 1 aliphatic rings. The van der Waals surface area contributed by atoms with Gasteiger partial charge in [-0.05, 0) is 96.3 Å². The number of benzene rings is 5. The quantitative estimate of drug-likeness (QED) is 0.0283. The fraction of sp³-hybridized carbons (Fsp3) is 0.245. The molecule has 8 heteroatoms. The summed E-state index contributed by atoms with van der Waals surface area (Å²) in [5.41, 5.74) is 4.38. The van der Waals surface area contributed by atoms with Gasteiger partial charge in [-0.1, -0.05) is 111 Å². The molecule has 57 heavy (non-hydrogen) atoms. The van der Waals surface area contributed by atoms with Gasteiger partial charge in [0, 0.05) is 17.7 Å². The summed E-state index contributed by atoms with van der Waals surface area (Å²) in [4.78, 5) is 37.1. The van der Waals surface area contributed by atoms with Crippen LogP contribution in [0.1, 0.15) is 67.3 Å². The van der Waals surface area contributed by atoms with Crippen molar-refractivity contribution in [1.82, 2.24) is 0 Å². The van der Waals surface area contributed by atoms with Crippen molar-refractivity contribution >= 4 is 29.4 Å². The molecule has 5 aromatic rings. The lowest BCUT2D eigenvalue weighted by Gasteiger charge is -2.14. The second kappa shape index (κ2) is 21.6. The summed E-state index contributed by atoms with van der Waals surface area (Å²) in [5, 5.41) is 0. The maximum atomic E-state index is 12.3. The molecule has 2 amide bonds. The minimum absolute atomic E-state index is 0.0262. The number of carbonyl (C=O) groups excluding carboxylic acids is 3. The number of allylic oxidation sites excluding steroid dienone is 1. The molecule has 8 nitrogen and oxygen atoms in total. The first-order chi connectivity index (χ1) is 28.0. The summed E-state index contributed by atoms with van der Waals surface area (Å²) in [6.45, 7) is 2.20. The van der Waals surface area contributed by atoms with Gasteiger partial charge in [0.1, 0.15) is 36.2 Å². The van der Waals surface area contributed by atoms with Crippen LogP contribution in [0, 0.1) is 0 Å². The molecule has 0 radical (unpaired) electrons. The van der Waals surface area contributed by atoms with E-state index in [-0.39, 0.29) is 17.6 Å². The summed E-state index contributed by atoms with van der Waals surface area (Å²) in [5.74, 6) is 2.49. The monoisotopic (exact) mass is 763 g/mol. The Morgan fingerprint density at radius 2 is 0.860 bits per heavy atom. The summed E-state index contributed by atoms with van der Waals surface area (Å²) in [6.07, 6.45) is 15.1. The molecule has 292 valence electrons. The first kappa shape index (κ1) is 40.3. The van der Waals surface area contributed by atoms with Gasteiger partial charge in [0.05, 0.1) is 18.9 Å². The third-order valence-electron chi connectivity index (χ3n) is 9.51. The molecule has 0 saturated heterocycles. The highest BCUT2D eigenvalue weighted by Crippen LogP contribution is 2.26. The van der Waals surface area contributed by atoms with E-state index in [0.717, 1.165) is 76.9 Å². The lowest BCUT2D eigenvalue weighted by Crippen LogP contribution is -2.29. The van der Waals surface area contributed by atoms with Gasteiger partial charge in [-0.2, -0.15) is 0 Å². The van der Waals surface area contributed by atoms with Gasteiger partial charge in [-0.3, -0.25) is 14.4 Å². The predicted octanol–water partition coefficient (Wildman–Crippen LogP) is 10.7. The fourth-order valence-electron chi connectivity index (χ4n) is 6.34. The van der Waals surface area contributed by atoms with Crippen LogP contribution in [0.3, 0.4) is 0 Å². The van der Waals surface area contributed by atoms with E-state index in [1.54, 1.807) is 48.6 Å². The summed E-state index contributed by atoms with van der Waals surface area (Å²) >= 11 is 0. The number of anilines is 1. The zero-order valence-electron chi connectivity index (χ0n) is 32.2. The van der Waals surface area contributed by atoms with Crippen LogP contribution < -0.4 is 23.8 Å². The number of hydrogen-bond acceptors (Lipinski definition) is 7. The molecule has 0 N–H and O–H groups in total. The van der Waals surface area contributed by atoms with Crippen LogP contribution in [0.4, 0.5) is 5.69 Å². The van der Waals surface area contributed by atoms with Crippen LogP contribution in [0.5, 0.6) is 23.0 Å². The van der Waals surface area contributed by atoms with E-state index in [1.165, 1.54) is 37.8 Å². The van der Waals surface area contributed by atoms with Crippen molar-refractivity contribution in [3.05, 3.63) is 157 Å². The van der Waals surface area contributed by atoms with Crippen LogP contribution in [-0.4, -0.2) is 44.0 Å². The number of imide groups is 1. The smallest absolute Gasteiger partial charge is 0.258 e. The Kier molecular flexibility index (Phi) is 15.3. The number of unbranched alkanes of at least 4 members (excludes halogenated alkanes) is 7. The molecule has 1 heterocycles. The van der Waals surface area contributed by atoms with E-state index in [4.69, 9.17) is 18.9 Å². The minimum atomic E-state index is -0.319. The van der Waals surface area contributed by atoms with E-state index >= 15 is 0 Å². The first-order valence-electron chi connectivity index (χ1n) is 19.8. The van der Waals surface area contributed by atoms with Gasteiger partial charge in [0.2, 0.25) is 0 Å². The Labute approximate surface area is 335 Å². The van der Waals surface area contributed by atoms with Crippen molar-refractivity contribution in [3.63, 3.8) is 0 Å². The molecule has 0 saturated carbocycles. The highest BCUT2D eigenvalue weighted by Gasteiger charge is 2.24. The van der Waals surface area contributed by atoms with Crippen molar-refractivity contribution in [1.29, 1.82) is 0 Å². The molecule has 1 aliphatic heterocycles. The largest absolute Gasteiger partial charge is 0.494 e. The number of carbonyl (C=O) groups is 3. The average molecular weight is 764 g/mol. The van der Waals surface area contributed by atoms with E-state index < -0.39 is 0 Å². The topological polar surface area (TPSA) is 91.4 Å². The van der Waals surface area contributed by atoms with E-state index in [1.807, 2.05) is 66.7 Å². The summed E-state index contributed by atoms with van der Waals surface area (Å²) in [7, 11) is 0. The molecular weight excluding hydrogens is 715 g/mol. The van der Waals surface area contributed by atoms with Crippen molar-refractivity contribution in [2.24, 2.45) is 0 Å². The van der Waals surface area contributed by atoms with Crippen LogP contribution in [0.25, 0.3) is 17.2 Å². The van der Waals surface area contributed by atoms with Crippen molar-refractivity contribution < 1.29 is 33.3 Å². The van der Waals surface area contributed by atoms with Crippen LogP contribution in [0.2, 0.25) is 0 Å². The highest BCUT2D eigenvalue weighted by molar-refractivity contribution is 6.28. The van der Waals surface area contributed by atoms with Crippen molar-refractivity contribution in [2.45, 2.75) is 51.4 Å². The second-order valence-corrected chi connectivity index (χ2v) is 13.7. The lowest BCUT2D eigenvalue weighted by molar-refractivity contribution is -0.120. The third kappa shape index (κ3) is 12.8. The number of rotatable bonds is 23. The predicted molar refractivity (Wildman–Crippen MR) is 225 cm³/mol. The average Bonchev–Trinajstić information content (AvgIpc) is 3.60. The van der Waals surface area contributed by atoms with Gasteiger partial charge in [-0.15, -0.1) is 0 Å². The van der Waals surface area contributed by atoms with Crippen LogP contribution >= 0.6 is 0 Å². The highest BCUT2D eigenvalue weighted by atomic mass is 16.5. The Hall–Kier alpha value is -6.41. The second-order valence-electron chi connectivity index (χ2n) is 13.7. The molecular formula is C49H49NO7. The van der Waals surface area contributed by atoms with E-state index in [2.05, 4.69) is 24.3 Å². The molecule has 0 aliphatic carbocycles. The van der Waals surface area contributed by atoms with E-state index in [0.29, 0.717) is 31.1 Å². The molecule has 5 aromatic carbocycles. The zero-order chi connectivity index (χ0) is 39.5. The molecule has 0 fully saturated rings. The van der Waals surface area contributed by atoms with Gasteiger partial charge in [0.25, 0.3) is 11.8 Å². The standard InChI is InChI=1S/C49H49NO7/c51-47(41-12-8-7-9-13-41)31-16-38-14-23-43(24-15-38)56-36-37-57-45-27-19-40(20-28-45)39-17-25-44(26-18-39)54-34-10-5-3-1-2-4-6-11-35-55-46-29-21-42(22-30-46)50-48(52)32-33-49(50)53/h7-9,12-33H,1-6,10-11,34-37H2. The van der Waals surface area contributed by atoms with Crippen molar-refractivity contribution in [2.75, 3.05) is 31.3 Å². The number of ketones is 1. The maximum absolute atomic E-state index is 12.3. The maximum Gasteiger partial charge on any atom is 0.258 e. The summed E-state index contributed by atoms with van der Waals surface area (Å²) in [6, 6.07) is 40.2. The van der Waals surface area contributed by atoms with Crippen molar-refractivity contribution in [3.8, 4) is 34.1 Å². The third-order valence-corrected chi connectivity index (χ3v) is 9.51. The molecule has 0 unspecified atom stereocenters. The summed E-state index contributed by atoms with van der Waals surface area (Å²) < 4.78 is 23.6. The normalized spacial score (nSPS) is 12.3. The number of amides is 2. The molecule has 0 spiro atoms. The van der Waals surface area contributed by atoms with Gasteiger partial charge < -0.3 is 18.9 Å². The SMILES string of the molecule is O=C(C=Cc1ccc(OCCOc2ccc(-c3ccc(OCCCCCCCCCCOc4ccc(N5C(=O)C=CC5=O)cc4)cc3)cc2)cc1)c1ccccc1. The van der Waals surface area contributed by atoms with Crippen LogP contribution in [-0.2, 0) is 9.59 Å². The zero-order valence-corrected chi connectivity index (χ0v) is 32.2. The minimum Gasteiger partial charge on any atom is -0.494 e. The van der Waals surface area contributed by atoms with E-state index in [9.17, 15) is 14.4 Å². The molecule has 0 atom stereocenters. The molecule has 0 aromatic heterocycles. The fourth-order valence-corrected chi connectivity index (χ4v) is 6.34. The lowest BCUT2D eigenvalue weighted by atomic mass is 10.1. The Morgan fingerprint density at radius 3 is 1.33 bits per heavy atom. The number of ether oxygens (including phenoxy) is 4. The Bertz CT molecular complexity index is 2050. The molecule has 6 rings (SSSR count).